The molecule has 1 rings (SSSR count). The van der Waals surface area contributed by atoms with Gasteiger partial charge >= 0.3 is 5.97 Å². The molecule has 0 aliphatic carbocycles. The van der Waals surface area contributed by atoms with Crippen molar-refractivity contribution in [2.75, 3.05) is 32.8 Å². The van der Waals surface area contributed by atoms with Crippen LogP contribution in [-0.4, -0.2) is 48.8 Å². The van der Waals surface area contributed by atoms with E-state index < -0.39 is 5.97 Å². The van der Waals surface area contributed by atoms with Crippen molar-refractivity contribution < 1.29 is 14.6 Å². The Balaban J connectivity index is 2.32. The van der Waals surface area contributed by atoms with Gasteiger partial charge in [0.05, 0.1) is 12.5 Å². The summed E-state index contributed by atoms with van der Waals surface area (Å²) >= 11 is 0. The number of rotatable bonds is 6. The summed E-state index contributed by atoms with van der Waals surface area (Å²) in [5, 5.41) is 8.88. The van der Waals surface area contributed by atoms with Crippen LogP contribution in [0.1, 0.15) is 26.7 Å². The highest BCUT2D eigenvalue weighted by molar-refractivity contribution is 5.69. The van der Waals surface area contributed by atoms with Crippen molar-refractivity contribution in [2.45, 2.75) is 26.7 Å². The fourth-order valence-electron chi connectivity index (χ4n) is 2.11. The molecule has 94 valence electrons. The molecule has 2 unspecified atom stereocenters. The van der Waals surface area contributed by atoms with Gasteiger partial charge in [-0.05, 0) is 25.3 Å². The fourth-order valence-corrected chi connectivity index (χ4v) is 2.11. The second-order valence-corrected chi connectivity index (χ2v) is 4.67. The summed E-state index contributed by atoms with van der Waals surface area (Å²) in [6.07, 6.45) is 2.34. The first-order valence-corrected chi connectivity index (χ1v) is 6.16. The van der Waals surface area contributed by atoms with E-state index in [0.717, 1.165) is 32.7 Å². The van der Waals surface area contributed by atoms with Crippen molar-refractivity contribution in [2.24, 2.45) is 11.8 Å². The lowest BCUT2D eigenvalue weighted by atomic mass is 10.0. The summed E-state index contributed by atoms with van der Waals surface area (Å²) in [4.78, 5) is 13.0. The highest BCUT2D eigenvalue weighted by Gasteiger charge is 2.20. The lowest BCUT2D eigenvalue weighted by Crippen LogP contribution is -2.37. The van der Waals surface area contributed by atoms with Gasteiger partial charge in [-0.1, -0.05) is 13.8 Å². The largest absolute Gasteiger partial charge is 0.481 e. The van der Waals surface area contributed by atoms with Crippen LogP contribution in [0, 0.1) is 11.8 Å². The first-order valence-electron chi connectivity index (χ1n) is 6.16. The van der Waals surface area contributed by atoms with E-state index >= 15 is 0 Å². The van der Waals surface area contributed by atoms with Gasteiger partial charge in [-0.3, -0.25) is 4.79 Å². The molecule has 1 saturated heterocycles. The van der Waals surface area contributed by atoms with Crippen molar-refractivity contribution in [3.05, 3.63) is 0 Å². The van der Waals surface area contributed by atoms with Crippen molar-refractivity contribution in [1.29, 1.82) is 0 Å². The van der Waals surface area contributed by atoms with Gasteiger partial charge in [0.25, 0.3) is 0 Å². The molecule has 0 aromatic rings. The van der Waals surface area contributed by atoms with Gasteiger partial charge in [-0.25, -0.2) is 0 Å². The standard InChI is InChI=1S/C12H23NO3/c1-3-13(7-10(2)12(14)15)8-11-5-4-6-16-9-11/h10-11H,3-9H2,1-2H3,(H,14,15). The molecule has 0 bridgehead atoms. The van der Waals surface area contributed by atoms with Gasteiger partial charge in [-0.15, -0.1) is 0 Å². The Labute approximate surface area is 97.6 Å². The maximum absolute atomic E-state index is 10.8. The Morgan fingerprint density at radius 2 is 2.38 bits per heavy atom. The van der Waals surface area contributed by atoms with Crippen LogP contribution in [0.2, 0.25) is 0 Å². The quantitative estimate of drug-likeness (QED) is 0.749. The molecule has 0 saturated carbocycles. The Hall–Kier alpha value is -0.610. The number of carbonyl (C=O) groups is 1. The maximum Gasteiger partial charge on any atom is 0.307 e. The third-order valence-electron chi connectivity index (χ3n) is 3.17. The number of carboxylic acids is 1. The topological polar surface area (TPSA) is 49.8 Å². The predicted molar refractivity (Wildman–Crippen MR) is 62.5 cm³/mol. The summed E-state index contributed by atoms with van der Waals surface area (Å²) in [7, 11) is 0. The molecule has 2 atom stereocenters. The van der Waals surface area contributed by atoms with E-state index in [1.54, 1.807) is 6.92 Å². The van der Waals surface area contributed by atoms with E-state index in [1.165, 1.54) is 6.42 Å². The Morgan fingerprint density at radius 3 is 2.88 bits per heavy atom. The molecule has 1 aliphatic rings. The van der Waals surface area contributed by atoms with Crippen LogP contribution in [0.25, 0.3) is 0 Å². The second kappa shape index (κ2) is 6.86. The highest BCUT2D eigenvalue weighted by atomic mass is 16.5. The molecule has 0 amide bonds. The van der Waals surface area contributed by atoms with E-state index in [-0.39, 0.29) is 5.92 Å². The van der Waals surface area contributed by atoms with Crippen LogP contribution in [0.15, 0.2) is 0 Å². The fraction of sp³-hybridized carbons (Fsp3) is 0.917. The van der Waals surface area contributed by atoms with Gasteiger partial charge in [0.15, 0.2) is 0 Å². The van der Waals surface area contributed by atoms with Gasteiger partial charge in [0.1, 0.15) is 0 Å². The molecule has 4 heteroatoms. The lowest BCUT2D eigenvalue weighted by Gasteiger charge is -2.29. The highest BCUT2D eigenvalue weighted by Crippen LogP contribution is 2.15. The molecular formula is C12H23NO3. The van der Waals surface area contributed by atoms with Crippen LogP contribution in [-0.2, 0) is 9.53 Å². The van der Waals surface area contributed by atoms with Crippen molar-refractivity contribution in [3.8, 4) is 0 Å². The molecule has 0 aromatic heterocycles. The first-order chi connectivity index (χ1) is 7.63. The van der Waals surface area contributed by atoms with Gasteiger partial charge < -0.3 is 14.7 Å². The number of hydrogen-bond acceptors (Lipinski definition) is 3. The molecule has 0 spiro atoms. The number of nitrogens with zero attached hydrogens (tertiary/aromatic N) is 1. The number of carboxylic acid groups (broad SMARTS) is 1. The zero-order valence-electron chi connectivity index (χ0n) is 10.3. The van der Waals surface area contributed by atoms with Crippen LogP contribution in [0.3, 0.4) is 0 Å². The summed E-state index contributed by atoms with van der Waals surface area (Å²) in [5.41, 5.74) is 0. The van der Waals surface area contributed by atoms with Gasteiger partial charge in [0.2, 0.25) is 0 Å². The molecule has 16 heavy (non-hydrogen) atoms. The minimum Gasteiger partial charge on any atom is -0.481 e. The molecule has 1 fully saturated rings. The Morgan fingerprint density at radius 1 is 1.62 bits per heavy atom. The predicted octanol–water partition coefficient (Wildman–Crippen LogP) is 1.46. The maximum atomic E-state index is 10.8. The van der Waals surface area contributed by atoms with E-state index in [2.05, 4.69) is 11.8 Å². The van der Waals surface area contributed by atoms with E-state index in [1.807, 2.05) is 0 Å². The summed E-state index contributed by atoms with van der Waals surface area (Å²) in [6.45, 7) is 8.08. The first kappa shape index (κ1) is 13.5. The van der Waals surface area contributed by atoms with Crippen molar-refractivity contribution >= 4 is 5.97 Å². The second-order valence-electron chi connectivity index (χ2n) is 4.67. The zero-order valence-corrected chi connectivity index (χ0v) is 10.3. The van der Waals surface area contributed by atoms with Crippen LogP contribution >= 0.6 is 0 Å². The Kier molecular flexibility index (Phi) is 5.77. The normalized spacial score (nSPS) is 23.3. The van der Waals surface area contributed by atoms with Crippen LogP contribution < -0.4 is 0 Å². The van der Waals surface area contributed by atoms with E-state index in [4.69, 9.17) is 9.84 Å². The van der Waals surface area contributed by atoms with Crippen molar-refractivity contribution in [1.82, 2.24) is 4.90 Å². The molecule has 4 nitrogen and oxygen atoms in total. The third-order valence-corrected chi connectivity index (χ3v) is 3.17. The monoisotopic (exact) mass is 229 g/mol. The van der Waals surface area contributed by atoms with E-state index in [0.29, 0.717) is 12.5 Å². The minimum absolute atomic E-state index is 0.288. The zero-order chi connectivity index (χ0) is 12.0. The van der Waals surface area contributed by atoms with Crippen LogP contribution in [0.4, 0.5) is 0 Å². The molecule has 1 aliphatic heterocycles. The minimum atomic E-state index is -0.710. The summed E-state index contributed by atoms with van der Waals surface area (Å²) in [6, 6.07) is 0. The molecular weight excluding hydrogens is 206 g/mol. The summed E-state index contributed by atoms with van der Waals surface area (Å²) in [5.74, 6) is -0.419. The SMILES string of the molecule is CCN(CC1CCCOC1)CC(C)C(=O)O. The number of aliphatic carboxylic acids is 1. The smallest absolute Gasteiger partial charge is 0.307 e. The number of hydrogen-bond donors (Lipinski definition) is 1. The van der Waals surface area contributed by atoms with Crippen LogP contribution in [0.5, 0.6) is 0 Å². The van der Waals surface area contributed by atoms with Gasteiger partial charge in [0, 0.05) is 19.7 Å². The average Bonchev–Trinajstić information content (AvgIpc) is 2.29. The summed E-state index contributed by atoms with van der Waals surface area (Å²) < 4.78 is 5.44. The average molecular weight is 229 g/mol. The Bertz CT molecular complexity index is 214. The van der Waals surface area contributed by atoms with E-state index in [9.17, 15) is 4.79 Å². The lowest BCUT2D eigenvalue weighted by molar-refractivity contribution is -0.141. The molecule has 1 heterocycles. The van der Waals surface area contributed by atoms with Gasteiger partial charge in [-0.2, -0.15) is 0 Å². The number of ether oxygens (including phenoxy) is 1. The van der Waals surface area contributed by atoms with Crippen molar-refractivity contribution in [3.63, 3.8) is 0 Å². The molecule has 0 radical (unpaired) electrons. The molecule has 1 N–H and O–H groups in total. The third kappa shape index (κ3) is 4.49. The molecule has 0 aromatic carbocycles.